The van der Waals surface area contributed by atoms with Crippen LogP contribution >= 0.6 is 22.9 Å². The number of thiophene rings is 1. The topological polar surface area (TPSA) is 57.6 Å². The Hall–Kier alpha value is -2.99. The number of aliphatic hydroxyl groups is 1. The van der Waals surface area contributed by atoms with E-state index in [1.54, 1.807) is 40.6 Å². The number of benzene rings is 3. The van der Waals surface area contributed by atoms with Crippen molar-refractivity contribution in [2.24, 2.45) is 0 Å². The first kappa shape index (κ1) is 19.9. The second-order valence-corrected chi connectivity index (χ2v) is 9.01. The normalized spacial score (nSPS) is 17.9. The van der Waals surface area contributed by atoms with E-state index in [1.165, 1.54) is 11.3 Å². The Labute approximate surface area is 188 Å². The molecule has 0 spiro atoms. The molecule has 1 aromatic heterocycles. The van der Waals surface area contributed by atoms with Gasteiger partial charge in [-0.3, -0.25) is 9.59 Å². The van der Waals surface area contributed by atoms with Crippen molar-refractivity contribution < 1.29 is 14.7 Å². The van der Waals surface area contributed by atoms with Crippen molar-refractivity contribution in [2.75, 3.05) is 4.90 Å². The molecule has 2 heterocycles. The van der Waals surface area contributed by atoms with Crippen LogP contribution in [0, 0.1) is 0 Å². The van der Waals surface area contributed by atoms with E-state index < -0.39 is 11.5 Å². The molecule has 1 aliphatic rings. The lowest BCUT2D eigenvalue weighted by atomic mass is 9.89. The van der Waals surface area contributed by atoms with Gasteiger partial charge in [-0.25, -0.2) is 0 Å². The lowest BCUT2D eigenvalue weighted by molar-refractivity contribution is -0.136. The van der Waals surface area contributed by atoms with Crippen LogP contribution in [-0.4, -0.2) is 16.8 Å². The largest absolute Gasteiger partial charge is 0.375 e. The highest BCUT2D eigenvalue weighted by molar-refractivity contribution is 7.12. The molecular formula is C25H18ClNO3S. The number of Topliss-reactive ketones (excluding diaryl/α,β-unsaturated/α-hetero) is 1. The van der Waals surface area contributed by atoms with E-state index in [1.807, 2.05) is 42.5 Å². The maximum atomic E-state index is 13.5. The van der Waals surface area contributed by atoms with Gasteiger partial charge in [0.1, 0.15) is 0 Å². The minimum atomic E-state index is -1.95. The molecule has 0 fully saturated rings. The van der Waals surface area contributed by atoms with Crippen molar-refractivity contribution in [3.63, 3.8) is 0 Å². The van der Waals surface area contributed by atoms with E-state index >= 15 is 0 Å². The molecule has 0 saturated carbocycles. The monoisotopic (exact) mass is 447 g/mol. The summed E-state index contributed by atoms with van der Waals surface area (Å²) >= 11 is 7.49. The number of carbonyl (C=O) groups excluding carboxylic acids is 2. The highest BCUT2D eigenvalue weighted by Crippen LogP contribution is 2.45. The lowest BCUT2D eigenvalue weighted by Crippen LogP contribution is -2.41. The Kier molecular flexibility index (Phi) is 4.89. The van der Waals surface area contributed by atoms with E-state index in [0.717, 1.165) is 16.3 Å². The van der Waals surface area contributed by atoms with Crippen molar-refractivity contribution in [2.45, 2.75) is 18.6 Å². The van der Waals surface area contributed by atoms with Crippen LogP contribution in [0.25, 0.3) is 10.8 Å². The summed E-state index contributed by atoms with van der Waals surface area (Å²) < 4.78 is 0. The van der Waals surface area contributed by atoms with Crippen LogP contribution in [-0.2, 0) is 16.9 Å². The van der Waals surface area contributed by atoms with Crippen LogP contribution < -0.4 is 4.90 Å². The van der Waals surface area contributed by atoms with Gasteiger partial charge in [-0.05, 0) is 46.0 Å². The molecule has 5 rings (SSSR count). The number of hydrogen-bond acceptors (Lipinski definition) is 4. The number of fused-ring (bicyclic) bond motifs is 2. The summed E-state index contributed by atoms with van der Waals surface area (Å²) in [5, 5.41) is 15.8. The Morgan fingerprint density at radius 1 is 1.03 bits per heavy atom. The summed E-state index contributed by atoms with van der Waals surface area (Å²) in [6.07, 6.45) is -0.328. The molecule has 4 aromatic rings. The number of ketones is 1. The van der Waals surface area contributed by atoms with Crippen molar-refractivity contribution >= 4 is 51.1 Å². The fraction of sp³-hybridized carbons (Fsp3) is 0.120. The van der Waals surface area contributed by atoms with Crippen molar-refractivity contribution in [3.8, 4) is 0 Å². The fourth-order valence-electron chi connectivity index (χ4n) is 4.21. The van der Waals surface area contributed by atoms with E-state index in [0.29, 0.717) is 21.2 Å². The molecule has 0 aliphatic carbocycles. The highest BCUT2D eigenvalue weighted by atomic mass is 35.5. The quantitative estimate of drug-likeness (QED) is 0.407. The standard InChI is InChI=1S/C25H18ClNO3S/c26-18-10-11-21-20(13-18)25(30,14-22(28)23-9-4-12-31-23)24(29)27(21)15-17-7-3-6-16-5-1-2-8-19(16)17/h1-13,30H,14-15H2/t25-/m0/s1. The molecule has 4 nitrogen and oxygen atoms in total. The summed E-state index contributed by atoms with van der Waals surface area (Å²) in [4.78, 5) is 28.4. The summed E-state index contributed by atoms with van der Waals surface area (Å²) in [5.41, 5.74) is -0.0496. The molecule has 3 aromatic carbocycles. The van der Waals surface area contributed by atoms with Crippen LogP contribution in [0.5, 0.6) is 0 Å². The Balaban J connectivity index is 1.56. The van der Waals surface area contributed by atoms with Gasteiger partial charge < -0.3 is 10.0 Å². The molecule has 1 aliphatic heterocycles. The third-order valence-electron chi connectivity index (χ3n) is 5.71. The second-order valence-electron chi connectivity index (χ2n) is 7.63. The van der Waals surface area contributed by atoms with Crippen LogP contribution in [0.15, 0.2) is 78.2 Å². The number of amides is 1. The van der Waals surface area contributed by atoms with Crippen LogP contribution in [0.2, 0.25) is 5.02 Å². The van der Waals surface area contributed by atoms with Crippen molar-refractivity contribution in [1.82, 2.24) is 0 Å². The van der Waals surface area contributed by atoms with Gasteiger partial charge in [-0.1, -0.05) is 60.1 Å². The molecule has 154 valence electrons. The van der Waals surface area contributed by atoms with Gasteiger partial charge in [-0.15, -0.1) is 11.3 Å². The molecular weight excluding hydrogens is 430 g/mol. The zero-order valence-electron chi connectivity index (χ0n) is 16.4. The first-order chi connectivity index (χ1) is 15.0. The van der Waals surface area contributed by atoms with Gasteiger partial charge in [0.15, 0.2) is 11.4 Å². The number of nitrogens with zero attached hydrogens (tertiary/aromatic N) is 1. The molecule has 1 N–H and O–H groups in total. The second kappa shape index (κ2) is 7.61. The minimum Gasteiger partial charge on any atom is -0.375 e. The Morgan fingerprint density at radius 3 is 2.65 bits per heavy atom. The third-order valence-corrected chi connectivity index (χ3v) is 6.86. The zero-order valence-corrected chi connectivity index (χ0v) is 18.0. The summed E-state index contributed by atoms with van der Waals surface area (Å²) in [6, 6.07) is 22.4. The van der Waals surface area contributed by atoms with Gasteiger partial charge in [0.2, 0.25) is 0 Å². The predicted octanol–water partition coefficient (Wildman–Crippen LogP) is 5.56. The zero-order chi connectivity index (χ0) is 21.6. The average molecular weight is 448 g/mol. The first-order valence-electron chi connectivity index (χ1n) is 9.85. The highest BCUT2D eigenvalue weighted by Gasteiger charge is 2.51. The van der Waals surface area contributed by atoms with Crippen LogP contribution in [0.1, 0.15) is 27.2 Å². The molecule has 0 bridgehead atoms. The van der Waals surface area contributed by atoms with E-state index in [9.17, 15) is 14.7 Å². The number of hydrogen-bond donors (Lipinski definition) is 1. The predicted molar refractivity (Wildman–Crippen MR) is 124 cm³/mol. The molecule has 0 unspecified atom stereocenters. The molecule has 0 radical (unpaired) electrons. The SMILES string of the molecule is O=C(C[C@@]1(O)C(=O)N(Cc2cccc3ccccc23)c2ccc(Cl)cc21)c1cccs1. The van der Waals surface area contributed by atoms with Gasteiger partial charge >= 0.3 is 0 Å². The summed E-state index contributed by atoms with van der Waals surface area (Å²) in [6.45, 7) is 0.282. The fourth-order valence-corrected chi connectivity index (χ4v) is 5.04. The van der Waals surface area contributed by atoms with E-state index in [2.05, 4.69) is 0 Å². The van der Waals surface area contributed by atoms with Gasteiger partial charge in [0.25, 0.3) is 5.91 Å². The van der Waals surface area contributed by atoms with Crippen LogP contribution in [0.4, 0.5) is 5.69 Å². The van der Waals surface area contributed by atoms with E-state index in [4.69, 9.17) is 11.6 Å². The Morgan fingerprint density at radius 2 is 1.84 bits per heavy atom. The average Bonchev–Trinajstić information content (AvgIpc) is 3.37. The molecule has 0 saturated heterocycles. The molecule has 1 amide bonds. The number of rotatable bonds is 5. The molecule has 31 heavy (non-hydrogen) atoms. The van der Waals surface area contributed by atoms with E-state index in [-0.39, 0.29) is 18.7 Å². The van der Waals surface area contributed by atoms with Crippen molar-refractivity contribution in [3.05, 3.63) is 99.2 Å². The lowest BCUT2D eigenvalue weighted by Gasteiger charge is -2.23. The van der Waals surface area contributed by atoms with Gasteiger partial charge in [-0.2, -0.15) is 0 Å². The molecule has 6 heteroatoms. The number of carbonyl (C=O) groups is 2. The minimum absolute atomic E-state index is 0.274. The summed E-state index contributed by atoms with van der Waals surface area (Å²) in [7, 11) is 0. The first-order valence-corrected chi connectivity index (χ1v) is 11.1. The maximum absolute atomic E-state index is 13.5. The smallest absolute Gasteiger partial charge is 0.264 e. The van der Waals surface area contributed by atoms with Crippen molar-refractivity contribution in [1.29, 1.82) is 0 Å². The van der Waals surface area contributed by atoms with Gasteiger partial charge in [0.05, 0.1) is 23.5 Å². The summed E-state index contributed by atoms with van der Waals surface area (Å²) in [5.74, 6) is -0.786. The third kappa shape index (κ3) is 3.35. The number of anilines is 1. The number of halogens is 1. The van der Waals surface area contributed by atoms with Crippen LogP contribution in [0.3, 0.4) is 0 Å². The van der Waals surface area contributed by atoms with Gasteiger partial charge in [0, 0.05) is 10.6 Å². The maximum Gasteiger partial charge on any atom is 0.264 e. The molecule has 1 atom stereocenters. The Bertz CT molecular complexity index is 1310.